The fourth-order valence-electron chi connectivity index (χ4n) is 0.679. The zero-order chi connectivity index (χ0) is 7.94. The molecule has 0 amide bonds. The summed E-state index contributed by atoms with van der Waals surface area (Å²) in [6.45, 7) is 2.95. The minimum atomic E-state index is 0.898. The van der Waals surface area contributed by atoms with Crippen molar-refractivity contribution < 1.29 is 0 Å². The minimum absolute atomic E-state index is 0.898. The Hall–Kier alpha value is -0.900. The maximum absolute atomic E-state index is 3.85. The molecular formula is C7H11N3S. The summed E-state index contributed by atoms with van der Waals surface area (Å²) >= 11 is 1.52. The summed E-state index contributed by atoms with van der Waals surface area (Å²) in [5.74, 6) is 0. The van der Waals surface area contributed by atoms with Gasteiger partial charge in [0.15, 0.2) is 0 Å². The summed E-state index contributed by atoms with van der Waals surface area (Å²) in [5.41, 5.74) is 1.72. The molecule has 0 aliphatic carbocycles. The van der Waals surface area contributed by atoms with Gasteiger partial charge < -0.3 is 5.32 Å². The molecule has 0 bridgehead atoms. The molecule has 1 heterocycles. The highest BCUT2D eigenvalue weighted by Crippen LogP contribution is 2.07. The Kier molecular flexibility index (Phi) is 3.61. The molecule has 60 valence electrons. The molecule has 0 saturated heterocycles. The lowest BCUT2D eigenvalue weighted by Crippen LogP contribution is -1.99. The van der Waals surface area contributed by atoms with Crippen LogP contribution in [0.15, 0.2) is 17.7 Å². The summed E-state index contributed by atoms with van der Waals surface area (Å²) < 4.78 is 0. The molecule has 1 N–H and O–H groups in total. The normalized spacial score (nSPS) is 10.6. The molecule has 1 rings (SSSR count). The lowest BCUT2D eigenvalue weighted by Gasteiger charge is -1.95. The molecule has 1 aromatic rings. The lowest BCUT2D eigenvalue weighted by molar-refractivity contribution is 1.02. The van der Waals surface area contributed by atoms with E-state index >= 15 is 0 Å². The van der Waals surface area contributed by atoms with Crippen LogP contribution in [0, 0.1) is 0 Å². The topological polar surface area (TPSA) is 37.8 Å². The van der Waals surface area contributed by atoms with Crippen molar-refractivity contribution in [1.29, 1.82) is 0 Å². The maximum atomic E-state index is 3.85. The maximum Gasteiger partial charge on any atom is 0.205 e. The van der Waals surface area contributed by atoms with Crippen LogP contribution in [0.25, 0.3) is 0 Å². The summed E-state index contributed by atoms with van der Waals surface area (Å²) in [4.78, 5) is 0. The number of hydrogen-bond acceptors (Lipinski definition) is 4. The van der Waals surface area contributed by atoms with Crippen LogP contribution in [0.1, 0.15) is 13.3 Å². The van der Waals surface area contributed by atoms with Gasteiger partial charge in [-0.05, 0) is 13.3 Å². The van der Waals surface area contributed by atoms with Crippen LogP contribution in [-0.2, 0) is 0 Å². The average molecular weight is 169 g/mol. The van der Waals surface area contributed by atoms with Gasteiger partial charge in [0.2, 0.25) is 5.13 Å². The third-order valence-corrected chi connectivity index (χ3v) is 1.83. The van der Waals surface area contributed by atoms with E-state index in [-0.39, 0.29) is 0 Å². The van der Waals surface area contributed by atoms with Gasteiger partial charge >= 0.3 is 0 Å². The second-order valence-corrected chi connectivity index (χ2v) is 2.86. The van der Waals surface area contributed by atoms with Crippen molar-refractivity contribution in [2.75, 3.05) is 11.9 Å². The van der Waals surface area contributed by atoms with Gasteiger partial charge in [0.25, 0.3) is 0 Å². The number of nitrogens with zero attached hydrogens (tertiary/aromatic N) is 2. The van der Waals surface area contributed by atoms with Crippen molar-refractivity contribution in [2.45, 2.75) is 13.3 Å². The Balaban J connectivity index is 2.14. The smallest absolute Gasteiger partial charge is 0.205 e. The van der Waals surface area contributed by atoms with E-state index in [1.165, 1.54) is 11.3 Å². The van der Waals surface area contributed by atoms with E-state index < -0.39 is 0 Å². The Morgan fingerprint density at radius 2 is 2.64 bits per heavy atom. The monoisotopic (exact) mass is 169 g/mol. The summed E-state index contributed by atoms with van der Waals surface area (Å²) in [6, 6.07) is 0. The molecule has 0 spiro atoms. The van der Waals surface area contributed by atoms with Gasteiger partial charge in [0, 0.05) is 6.54 Å². The van der Waals surface area contributed by atoms with E-state index in [0.29, 0.717) is 0 Å². The summed E-state index contributed by atoms with van der Waals surface area (Å²) in [7, 11) is 0. The minimum Gasteiger partial charge on any atom is -0.360 e. The number of rotatable bonds is 4. The molecule has 4 heteroatoms. The van der Waals surface area contributed by atoms with Gasteiger partial charge in [-0.3, -0.25) is 0 Å². The Morgan fingerprint density at radius 3 is 3.27 bits per heavy atom. The molecule has 0 atom stereocenters. The molecule has 0 radical (unpaired) electrons. The summed E-state index contributed by atoms with van der Waals surface area (Å²) in [6.07, 6.45) is 5.20. The van der Waals surface area contributed by atoms with Crippen molar-refractivity contribution >= 4 is 16.5 Å². The van der Waals surface area contributed by atoms with Gasteiger partial charge in [0.1, 0.15) is 5.51 Å². The standard InChI is InChI=1S/C7H11N3S/c1-2-3-4-5-8-7-10-9-6-11-7/h2-3,6H,4-5H2,1H3,(H,8,10)/b3-2+. The number of aromatic nitrogens is 2. The van der Waals surface area contributed by atoms with E-state index in [2.05, 4.69) is 21.6 Å². The highest BCUT2D eigenvalue weighted by atomic mass is 32.1. The number of anilines is 1. The number of allylic oxidation sites excluding steroid dienone is 1. The quantitative estimate of drug-likeness (QED) is 0.552. The van der Waals surface area contributed by atoms with Gasteiger partial charge in [-0.25, -0.2) is 0 Å². The third kappa shape index (κ3) is 3.13. The predicted molar refractivity (Wildman–Crippen MR) is 47.8 cm³/mol. The van der Waals surface area contributed by atoms with E-state index in [1.807, 2.05) is 13.0 Å². The van der Waals surface area contributed by atoms with Crippen molar-refractivity contribution in [3.05, 3.63) is 17.7 Å². The average Bonchev–Trinajstić information content (AvgIpc) is 2.50. The molecule has 11 heavy (non-hydrogen) atoms. The molecule has 0 aromatic carbocycles. The molecule has 0 aliphatic heterocycles. The van der Waals surface area contributed by atoms with Crippen molar-refractivity contribution in [1.82, 2.24) is 10.2 Å². The van der Waals surface area contributed by atoms with Crippen molar-refractivity contribution in [3.8, 4) is 0 Å². The first kappa shape index (κ1) is 8.20. The zero-order valence-corrected chi connectivity index (χ0v) is 7.27. The molecule has 1 aromatic heterocycles. The molecule has 0 fully saturated rings. The molecule has 3 nitrogen and oxygen atoms in total. The Bertz CT molecular complexity index is 205. The highest BCUT2D eigenvalue weighted by Gasteiger charge is 1.90. The van der Waals surface area contributed by atoms with Crippen LogP contribution in [0.4, 0.5) is 5.13 Å². The molecule has 0 saturated carbocycles. The van der Waals surface area contributed by atoms with Crippen molar-refractivity contribution in [2.24, 2.45) is 0 Å². The highest BCUT2D eigenvalue weighted by molar-refractivity contribution is 7.13. The predicted octanol–water partition coefficient (Wildman–Crippen LogP) is 1.92. The van der Waals surface area contributed by atoms with Crippen LogP contribution >= 0.6 is 11.3 Å². The fourth-order valence-corrected chi connectivity index (χ4v) is 1.15. The Labute approximate surface area is 70.2 Å². The van der Waals surface area contributed by atoms with Gasteiger partial charge in [-0.2, -0.15) is 0 Å². The first-order chi connectivity index (χ1) is 5.43. The first-order valence-corrected chi connectivity index (χ1v) is 4.42. The van der Waals surface area contributed by atoms with E-state index in [4.69, 9.17) is 0 Å². The molecular weight excluding hydrogens is 158 g/mol. The molecule has 0 aliphatic rings. The Morgan fingerprint density at radius 1 is 1.73 bits per heavy atom. The zero-order valence-electron chi connectivity index (χ0n) is 6.45. The van der Waals surface area contributed by atoms with Crippen molar-refractivity contribution in [3.63, 3.8) is 0 Å². The number of nitrogens with one attached hydrogen (secondary N) is 1. The van der Waals surface area contributed by atoms with Gasteiger partial charge in [-0.15, -0.1) is 10.2 Å². The van der Waals surface area contributed by atoms with E-state index in [0.717, 1.165) is 18.1 Å². The summed E-state index contributed by atoms with van der Waals surface area (Å²) in [5, 5.41) is 11.6. The van der Waals surface area contributed by atoms with E-state index in [1.54, 1.807) is 5.51 Å². The van der Waals surface area contributed by atoms with Crippen LogP contribution in [0.5, 0.6) is 0 Å². The lowest BCUT2D eigenvalue weighted by atomic mass is 10.4. The first-order valence-electron chi connectivity index (χ1n) is 3.54. The van der Waals surface area contributed by atoms with Crippen LogP contribution < -0.4 is 5.32 Å². The second kappa shape index (κ2) is 4.85. The van der Waals surface area contributed by atoms with Gasteiger partial charge in [0.05, 0.1) is 0 Å². The second-order valence-electron chi connectivity index (χ2n) is 2.03. The fraction of sp³-hybridized carbons (Fsp3) is 0.429. The van der Waals surface area contributed by atoms with Gasteiger partial charge in [-0.1, -0.05) is 23.5 Å². The SMILES string of the molecule is C/C=C/CCNc1nncs1. The van der Waals surface area contributed by atoms with Crippen LogP contribution in [-0.4, -0.2) is 16.7 Å². The molecule has 0 unspecified atom stereocenters. The van der Waals surface area contributed by atoms with Crippen LogP contribution in [0.3, 0.4) is 0 Å². The van der Waals surface area contributed by atoms with E-state index in [9.17, 15) is 0 Å². The largest absolute Gasteiger partial charge is 0.360 e. The number of hydrogen-bond donors (Lipinski definition) is 1. The third-order valence-electron chi connectivity index (χ3n) is 1.18. The van der Waals surface area contributed by atoms with Crippen LogP contribution in [0.2, 0.25) is 0 Å².